The molecule has 1 amide bonds. The number of carbonyl (C=O) groups is 1. The molecule has 8 heteroatoms. The van der Waals surface area contributed by atoms with Crippen LogP contribution < -0.4 is 10.6 Å². The van der Waals surface area contributed by atoms with Crippen molar-refractivity contribution in [3.05, 3.63) is 65.2 Å². The predicted molar refractivity (Wildman–Crippen MR) is 107 cm³/mol. The summed E-state index contributed by atoms with van der Waals surface area (Å²) in [5.74, 6) is 0.977. The minimum atomic E-state index is -0.505. The summed E-state index contributed by atoms with van der Waals surface area (Å²) in [6, 6.07) is 11.9. The second-order valence-corrected chi connectivity index (χ2v) is 7.39. The van der Waals surface area contributed by atoms with Crippen LogP contribution in [0.15, 0.2) is 42.5 Å². The average Bonchev–Trinajstić information content (AvgIpc) is 3.45. The van der Waals surface area contributed by atoms with Gasteiger partial charge in [0.1, 0.15) is 11.6 Å². The van der Waals surface area contributed by atoms with Crippen LogP contribution in [0.2, 0.25) is 0 Å². The Balaban J connectivity index is 1.28. The summed E-state index contributed by atoms with van der Waals surface area (Å²) in [4.78, 5) is 12.6. The van der Waals surface area contributed by atoms with Crippen LogP contribution in [0.1, 0.15) is 29.8 Å². The van der Waals surface area contributed by atoms with Crippen LogP contribution >= 0.6 is 0 Å². The zero-order valence-electron chi connectivity index (χ0n) is 16.4. The molecule has 2 N–H and O–H groups in total. The van der Waals surface area contributed by atoms with E-state index in [9.17, 15) is 9.18 Å². The first kappa shape index (κ1) is 19.0. The lowest BCUT2D eigenvalue weighted by molar-refractivity contribution is -0.123. The van der Waals surface area contributed by atoms with Gasteiger partial charge in [-0.1, -0.05) is 12.1 Å². The molecule has 0 saturated heterocycles. The molecular weight excluding hydrogens is 371 g/mol. The second kappa shape index (κ2) is 7.62. The van der Waals surface area contributed by atoms with Gasteiger partial charge in [0.2, 0.25) is 5.91 Å². The van der Waals surface area contributed by atoms with Crippen molar-refractivity contribution in [2.45, 2.75) is 32.1 Å². The number of aryl methyl sites for hydroxylation is 2. The number of aromatic nitrogens is 4. The van der Waals surface area contributed by atoms with Gasteiger partial charge in [-0.2, -0.15) is 5.10 Å². The zero-order chi connectivity index (χ0) is 20.4. The van der Waals surface area contributed by atoms with E-state index in [4.69, 9.17) is 0 Å². The molecule has 3 aromatic rings. The molecule has 1 aliphatic rings. The molecule has 1 aromatic carbocycles. The Bertz CT molecular complexity index is 1010. The number of carbonyl (C=O) groups excluding carboxylic acids is 1. The SMILES string of the molecule is Cc1cc(C)n(-c2ccc(NCCNC(=O)C3(c4ccc(F)cc4)CC3)nn2)n1. The van der Waals surface area contributed by atoms with Crippen molar-refractivity contribution in [2.75, 3.05) is 18.4 Å². The highest BCUT2D eigenvalue weighted by Gasteiger charge is 2.50. The van der Waals surface area contributed by atoms with E-state index in [-0.39, 0.29) is 11.7 Å². The topological polar surface area (TPSA) is 84.7 Å². The van der Waals surface area contributed by atoms with E-state index < -0.39 is 5.41 Å². The predicted octanol–water partition coefficient (Wildman–Crippen LogP) is 2.68. The Kier molecular flexibility index (Phi) is 5.00. The van der Waals surface area contributed by atoms with Gasteiger partial charge in [-0.25, -0.2) is 9.07 Å². The maximum absolute atomic E-state index is 13.1. The molecule has 0 spiro atoms. The molecule has 0 unspecified atom stereocenters. The Morgan fingerprint density at radius 1 is 1.10 bits per heavy atom. The smallest absolute Gasteiger partial charge is 0.230 e. The van der Waals surface area contributed by atoms with Crippen LogP contribution in [-0.4, -0.2) is 39.0 Å². The summed E-state index contributed by atoms with van der Waals surface area (Å²) in [6.45, 7) is 4.89. The van der Waals surface area contributed by atoms with Crippen molar-refractivity contribution in [1.29, 1.82) is 0 Å². The van der Waals surface area contributed by atoms with Gasteiger partial charge in [-0.05, 0) is 62.6 Å². The van der Waals surface area contributed by atoms with Gasteiger partial charge in [0.25, 0.3) is 0 Å². The fraction of sp³-hybridized carbons (Fsp3) is 0.333. The van der Waals surface area contributed by atoms with Crippen LogP contribution in [0.5, 0.6) is 0 Å². The summed E-state index contributed by atoms with van der Waals surface area (Å²) in [7, 11) is 0. The van der Waals surface area contributed by atoms with Gasteiger partial charge < -0.3 is 10.6 Å². The Hall–Kier alpha value is -3.29. The molecule has 1 aliphatic carbocycles. The molecule has 0 aliphatic heterocycles. The molecular formula is C21H23FN6O. The van der Waals surface area contributed by atoms with E-state index in [1.807, 2.05) is 32.0 Å². The van der Waals surface area contributed by atoms with Crippen molar-refractivity contribution in [3.8, 4) is 5.82 Å². The molecule has 2 heterocycles. The first-order chi connectivity index (χ1) is 14.0. The van der Waals surface area contributed by atoms with Gasteiger partial charge in [-0.15, -0.1) is 10.2 Å². The number of nitrogens with one attached hydrogen (secondary N) is 2. The third kappa shape index (κ3) is 3.96. The van der Waals surface area contributed by atoms with Crippen LogP contribution in [-0.2, 0) is 10.2 Å². The number of anilines is 1. The number of hydrogen-bond donors (Lipinski definition) is 2. The van der Waals surface area contributed by atoms with Crippen LogP contribution in [0.25, 0.3) is 5.82 Å². The van der Waals surface area contributed by atoms with Gasteiger partial charge in [0.05, 0.1) is 11.1 Å². The van der Waals surface area contributed by atoms with Gasteiger partial charge >= 0.3 is 0 Å². The average molecular weight is 394 g/mol. The number of halogens is 1. The molecule has 1 fully saturated rings. The standard InChI is InChI=1S/C21H23FN6O/c1-14-13-15(2)28(27-14)19-8-7-18(25-26-19)23-11-12-24-20(29)21(9-10-21)16-3-5-17(22)6-4-16/h3-8,13H,9-12H2,1-2H3,(H,23,25)(H,24,29). The van der Waals surface area contributed by atoms with Crippen LogP contribution in [0.4, 0.5) is 10.2 Å². The number of hydrogen-bond acceptors (Lipinski definition) is 5. The quantitative estimate of drug-likeness (QED) is 0.602. The molecule has 0 radical (unpaired) electrons. The van der Waals surface area contributed by atoms with E-state index >= 15 is 0 Å². The zero-order valence-corrected chi connectivity index (χ0v) is 16.4. The highest BCUT2D eigenvalue weighted by Crippen LogP contribution is 2.48. The van der Waals surface area contributed by atoms with Crippen molar-refractivity contribution < 1.29 is 9.18 Å². The number of nitrogens with zero attached hydrogens (tertiary/aromatic N) is 4. The van der Waals surface area contributed by atoms with Crippen LogP contribution in [0, 0.1) is 19.7 Å². The monoisotopic (exact) mass is 394 g/mol. The van der Waals surface area contributed by atoms with Gasteiger partial charge in [-0.3, -0.25) is 4.79 Å². The number of benzene rings is 1. The largest absolute Gasteiger partial charge is 0.367 e. The fourth-order valence-electron chi connectivity index (χ4n) is 3.47. The minimum absolute atomic E-state index is 0.0168. The maximum atomic E-state index is 13.1. The van der Waals surface area contributed by atoms with E-state index in [1.54, 1.807) is 16.8 Å². The fourth-order valence-corrected chi connectivity index (χ4v) is 3.47. The number of amides is 1. The normalized spacial score (nSPS) is 14.4. The first-order valence-electron chi connectivity index (χ1n) is 9.63. The lowest BCUT2D eigenvalue weighted by atomic mass is 9.95. The third-order valence-electron chi connectivity index (χ3n) is 5.18. The van der Waals surface area contributed by atoms with E-state index in [0.29, 0.717) is 24.7 Å². The van der Waals surface area contributed by atoms with E-state index in [1.165, 1.54) is 12.1 Å². The van der Waals surface area contributed by atoms with E-state index in [2.05, 4.69) is 25.9 Å². The summed E-state index contributed by atoms with van der Waals surface area (Å²) >= 11 is 0. The van der Waals surface area contributed by atoms with Gasteiger partial charge in [0.15, 0.2) is 5.82 Å². The molecule has 0 atom stereocenters. The molecule has 7 nitrogen and oxygen atoms in total. The third-order valence-corrected chi connectivity index (χ3v) is 5.18. The van der Waals surface area contributed by atoms with E-state index in [0.717, 1.165) is 29.8 Å². The molecule has 150 valence electrons. The molecule has 1 saturated carbocycles. The molecule has 4 rings (SSSR count). The Labute approximate surface area is 168 Å². The van der Waals surface area contributed by atoms with Gasteiger partial charge in [0, 0.05) is 18.8 Å². The highest BCUT2D eigenvalue weighted by molar-refractivity contribution is 5.91. The summed E-state index contributed by atoms with van der Waals surface area (Å²) < 4.78 is 14.9. The second-order valence-electron chi connectivity index (χ2n) is 7.39. The molecule has 29 heavy (non-hydrogen) atoms. The lowest BCUT2D eigenvalue weighted by Crippen LogP contribution is -2.37. The van der Waals surface area contributed by atoms with Crippen LogP contribution in [0.3, 0.4) is 0 Å². The summed E-state index contributed by atoms with van der Waals surface area (Å²) in [5, 5.41) is 18.9. The minimum Gasteiger partial charge on any atom is -0.367 e. The van der Waals surface area contributed by atoms with Crippen molar-refractivity contribution in [1.82, 2.24) is 25.3 Å². The summed E-state index contributed by atoms with van der Waals surface area (Å²) in [5.41, 5.74) is 2.29. The Morgan fingerprint density at radius 3 is 2.45 bits per heavy atom. The molecule has 0 bridgehead atoms. The lowest BCUT2D eigenvalue weighted by Gasteiger charge is -2.16. The number of rotatable bonds is 7. The first-order valence-corrected chi connectivity index (χ1v) is 9.63. The molecule has 2 aromatic heterocycles. The Morgan fingerprint density at radius 2 is 1.86 bits per heavy atom. The maximum Gasteiger partial charge on any atom is 0.230 e. The van der Waals surface area contributed by atoms with Crippen molar-refractivity contribution in [3.63, 3.8) is 0 Å². The van der Waals surface area contributed by atoms with Crippen molar-refractivity contribution in [2.24, 2.45) is 0 Å². The highest BCUT2D eigenvalue weighted by atomic mass is 19.1. The van der Waals surface area contributed by atoms with Crippen molar-refractivity contribution >= 4 is 11.7 Å². The summed E-state index contributed by atoms with van der Waals surface area (Å²) in [6.07, 6.45) is 1.58.